The lowest BCUT2D eigenvalue weighted by molar-refractivity contribution is 0.0845. The van der Waals surface area contributed by atoms with Crippen LogP contribution in [0.4, 0.5) is 4.39 Å². The predicted octanol–water partition coefficient (Wildman–Crippen LogP) is 7.96. The van der Waals surface area contributed by atoms with Gasteiger partial charge in [-0.15, -0.1) is 0 Å². The molecule has 0 radical (unpaired) electrons. The van der Waals surface area contributed by atoms with Crippen molar-refractivity contribution in [3.05, 3.63) is 77.7 Å². The highest BCUT2D eigenvalue weighted by atomic mass is 19.1. The van der Waals surface area contributed by atoms with E-state index in [0.717, 1.165) is 75.7 Å². The van der Waals surface area contributed by atoms with Gasteiger partial charge in [-0.1, -0.05) is 32.0 Å². The van der Waals surface area contributed by atoms with Gasteiger partial charge in [0.1, 0.15) is 17.0 Å². The van der Waals surface area contributed by atoms with Gasteiger partial charge in [0.05, 0.1) is 5.69 Å². The molecule has 0 saturated carbocycles. The minimum absolute atomic E-state index is 0.234. The van der Waals surface area contributed by atoms with Crippen LogP contribution in [0.15, 0.2) is 65.1 Å². The molecule has 3 heterocycles. The third-order valence-electron chi connectivity index (χ3n) is 6.87. The van der Waals surface area contributed by atoms with Crippen molar-refractivity contribution in [2.24, 2.45) is 0 Å². The normalized spacial score (nSPS) is 15.3. The summed E-state index contributed by atoms with van der Waals surface area (Å²) >= 11 is 0. The predicted molar refractivity (Wildman–Crippen MR) is 131 cm³/mol. The van der Waals surface area contributed by atoms with Gasteiger partial charge in [0, 0.05) is 46.5 Å². The highest BCUT2D eigenvalue weighted by Gasteiger charge is 2.22. The van der Waals surface area contributed by atoms with Crippen LogP contribution in [0.25, 0.3) is 44.0 Å². The van der Waals surface area contributed by atoms with Crippen molar-refractivity contribution in [2.75, 3.05) is 13.2 Å². The van der Waals surface area contributed by atoms with Gasteiger partial charge < -0.3 is 9.15 Å². The van der Waals surface area contributed by atoms with Crippen LogP contribution in [0.2, 0.25) is 0 Å². The van der Waals surface area contributed by atoms with Crippen molar-refractivity contribution in [1.82, 2.24) is 4.98 Å². The Morgan fingerprint density at radius 1 is 0.909 bits per heavy atom. The maximum absolute atomic E-state index is 14.2. The smallest absolute Gasteiger partial charge is 0.144 e. The van der Waals surface area contributed by atoms with Crippen LogP contribution in [0.1, 0.15) is 49.8 Å². The Labute approximate surface area is 192 Å². The van der Waals surface area contributed by atoms with Crippen LogP contribution in [0.3, 0.4) is 0 Å². The summed E-state index contributed by atoms with van der Waals surface area (Å²) in [6.07, 6.45) is 1.86. The van der Waals surface area contributed by atoms with E-state index < -0.39 is 0 Å². The van der Waals surface area contributed by atoms with E-state index in [1.807, 2.05) is 24.3 Å². The number of furan rings is 1. The van der Waals surface area contributed by atoms with Crippen molar-refractivity contribution in [3.8, 4) is 11.3 Å². The first-order valence-electron chi connectivity index (χ1n) is 11.7. The number of pyridine rings is 1. The number of nitrogens with zero attached hydrogens (tertiary/aromatic N) is 1. The van der Waals surface area contributed by atoms with Crippen LogP contribution in [-0.4, -0.2) is 18.2 Å². The van der Waals surface area contributed by atoms with E-state index in [2.05, 4.69) is 38.1 Å². The second-order valence-electron chi connectivity index (χ2n) is 9.35. The summed E-state index contributed by atoms with van der Waals surface area (Å²) < 4.78 is 26.2. The van der Waals surface area contributed by atoms with E-state index in [1.165, 1.54) is 11.6 Å². The standard InChI is InChI=1S/C29H26FNO2/c1-17(2)19-14-24-23-5-3-4-6-27(23)33-29(24)25(15-19)28-22-8-7-21(30)13-20(22)16-26(31-28)18-9-11-32-12-10-18/h3-8,13-18H,9-12H2,1-2H3. The molecule has 5 aromatic rings. The molecule has 166 valence electrons. The molecule has 0 spiro atoms. The second kappa shape index (κ2) is 7.96. The first-order valence-corrected chi connectivity index (χ1v) is 11.7. The summed E-state index contributed by atoms with van der Waals surface area (Å²) in [6, 6.07) is 19.6. The number of benzene rings is 3. The number of hydrogen-bond acceptors (Lipinski definition) is 3. The van der Waals surface area contributed by atoms with Gasteiger partial charge in [-0.05, 0) is 72.2 Å². The summed E-state index contributed by atoms with van der Waals surface area (Å²) in [5.74, 6) is 0.427. The number of aromatic nitrogens is 1. The maximum atomic E-state index is 14.2. The van der Waals surface area contributed by atoms with E-state index in [0.29, 0.717) is 11.8 Å². The molecule has 0 unspecified atom stereocenters. The molecule has 0 atom stereocenters. The van der Waals surface area contributed by atoms with E-state index in [1.54, 1.807) is 6.07 Å². The number of halogens is 1. The molecule has 3 nitrogen and oxygen atoms in total. The van der Waals surface area contributed by atoms with Crippen LogP contribution in [0, 0.1) is 5.82 Å². The molecule has 0 N–H and O–H groups in total. The Bertz CT molecular complexity index is 1490. The van der Waals surface area contributed by atoms with Gasteiger partial charge in [-0.2, -0.15) is 0 Å². The lowest BCUT2D eigenvalue weighted by Gasteiger charge is -2.23. The molecule has 3 aromatic carbocycles. The van der Waals surface area contributed by atoms with Crippen LogP contribution in [-0.2, 0) is 4.74 Å². The van der Waals surface area contributed by atoms with Gasteiger partial charge in [0.25, 0.3) is 0 Å². The number of rotatable bonds is 3. The lowest BCUT2D eigenvalue weighted by atomic mass is 9.91. The molecule has 6 rings (SSSR count). The second-order valence-corrected chi connectivity index (χ2v) is 9.35. The molecular weight excluding hydrogens is 413 g/mol. The largest absolute Gasteiger partial charge is 0.455 e. The topological polar surface area (TPSA) is 35.3 Å². The SMILES string of the molecule is CC(C)c1cc(-c2nc(C3CCOCC3)cc3cc(F)ccc23)c2oc3ccccc3c2c1. The number of hydrogen-bond donors (Lipinski definition) is 0. The third-order valence-corrected chi connectivity index (χ3v) is 6.87. The van der Waals surface area contributed by atoms with Crippen LogP contribution in [0.5, 0.6) is 0 Å². The molecule has 33 heavy (non-hydrogen) atoms. The molecule has 2 aromatic heterocycles. The zero-order valence-electron chi connectivity index (χ0n) is 18.9. The first-order chi connectivity index (χ1) is 16.1. The summed E-state index contributed by atoms with van der Waals surface area (Å²) in [6.45, 7) is 5.87. The quantitative estimate of drug-likeness (QED) is 0.286. The molecule has 4 heteroatoms. The average Bonchev–Trinajstić information content (AvgIpc) is 3.22. The fourth-order valence-electron chi connectivity index (χ4n) is 5.02. The van der Waals surface area contributed by atoms with Crippen molar-refractivity contribution in [1.29, 1.82) is 0 Å². The van der Waals surface area contributed by atoms with E-state index in [4.69, 9.17) is 14.1 Å². The minimum atomic E-state index is -0.234. The molecule has 1 fully saturated rings. The fraction of sp³-hybridized carbons (Fsp3) is 0.276. The van der Waals surface area contributed by atoms with Crippen molar-refractivity contribution in [2.45, 2.75) is 38.5 Å². The molecule has 0 aliphatic carbocycles. The van der Waals surface area contributed by atoms with Crippen molar-refractivity contribution in [3.63, 3.8) is 0 Å². The average molecular weight is 440 g/mol. The number of fused-ring (bicyclic) bond motifs is 4. The van der Waals surface area contributed by atoms with Crippen molar-refractivity contribution < 1.29 is 13.5 Å². The Hall–Kier alpha value is -3.24. The van der Waals surface area contributed by atoms with Gasteiger partial charge in [-0.3, -0.25) is 4.98 Å². The molecule has 1 aliphatic heterocycles. The van der Waals surface area contributed by atoms with Gasteiger partial charge in [0.15, 0.2) is 0 Å². The molecule has 0 bridgehead atoms. The molecule has 0 amide bonds. The zero-order chi connectivity index (χ0) is 22.5. The Morgan fingerprint density at radius 2 is 1.73 bits per heavy atom. The zero-order valence-corrected chi connectivity index (χ0v) is 18.9. The summed E-state index contributed by atoms with van der Waals surface area (Å²) in [5, 5.41) is 4.02. The highest BCUT2D eigenvalue weighted by Crippen LogP contribution is 2.41. The summed E-state index contributed by atoms with van der Waals surface area (Å²) in [7, 11) is 0. The van der Waals surface area contributed by atoms with Gasteiger partial charge in [0.2, 0.25) is 0 Å². The Kier molecular flexibility index (Phi) is 4.92. The molecular formula is C29H26FNO2. The number of ether oxygens (including phenoxy) is 1. The van der Waals surface area contributed by atoms with Gasteiger partial charge >= 0.3 is 0 Å². The van der Waals surface area contributed by atoms with Crippen LogP contribution < -0.4 is 0 Å². The summed E-state index contributed by atoms with van der Waals surface area (Å²) in [4.78, 5) is 5.21. The third kappa shape index (κ3) is 3.50. The number of para-hydroxylation sites is 1. The Balaban J connectivity index is 1.69. The minimum Gasteiger partial charge on any atom is -0.455 e. The highest BCUT2D eigenvalue weighted by molar-refractivity contribution is 6.12. The summed E-state index contributed by atoms with van der Waals surface area (Å²) in [5.41, 5.74) is 5.77. The van der Waals surface area contributed by atoms with Crippen LogP contribution >= 0.6 is 0 Å². The Morgan fingerprint density at radius 3 is 2.55 bits per heavy atom. The molecule has 1 saturated heterocycles. The maximum Gasteiger partial charge on any atom is 0.144 e. The lowest BCUT2D eigenvalue weighted by Crippen LogP contribution is -2.15. The monoisotopic (exact) mass is 439 g/mol. The molecule has 1 aliphatic rings. The van der Waals surface area contributed by atoms with E-state index >= 15 is 0 Å². The van der Waals surface area contributed by atoms with Crippen molar-refractivity contribution >= 4 is 32.7 Å². The fourth-order valence-corrected chi connectivity index (χ4v) is 5.02. The van der Waals surface area contributed by atoms with Gasteiger partial charge in [-0.25, -0.2) is 4.39 Å². The van der Waals surface area contributed by atoms with E-state index in [9.17, 15) is 4.39 Å². The first kappa shape index (κ1) is 20.4. The van der Waals surface area contributed by atoms with E-state index in [-0.39, 0.29) is 5.82 Å².